The minimum Gasteiger partial charge on any atom is -0.477 e. The number of thioether (sulfide) groups is 1. The number of pyridine rings is 1. The van der Waals surface area contributed by atoms with E-state index in [1.807, 2.05) is 29.2 Å². The van der Waals surface area contributed by atoms with Crippen molar-refractivity contribution in [2.75, 3.05) is 31.2 Å². The third-order valence-electron chi connectivity index (χ3n) is 7.02. The van der Waals surface area contributed by atoms with Crippen LogP contribution in [0.2, 0.25) is 0 Å². The molecule has 2 atom stereocenters. The number of nitrogen functional groups attached to an aromatic ring is 1. The molecular formula is C24H27N10O5S2+. The van der Waals surface area contributed by atoms with Gasteiger partial charge in [-0.2, -0.15) is 9.36 Å². The summed E-state index contributed by atoms with van der Waals surface area (Å²) in [5.41, 5.74) is 7.62. The first-order valence-electron chi connectivity index (χ1n) is 12.9. The van der Waals surface area contributed by atoms with Gasteiger partial charge in [0, 0.05) is 48.4 Å². The Hall–Kier alpha value is -4.09. The van der Waals surface area contributed by atoms with Crippen LogP contribution in [0.15, 0.2) is 41.1 Å². The summed E-state index contributed by atoms with van der Waals surface area (Å²) in [6.45, 7) is 4.95. The lowest BCUT2D eigenvalue weighted by Gasteiger charge is -2.49. The molecule has 214 valence electrons. The summed E-state index contributed by atoms with van der Waals surface area (Å²) < 4.78 is 8.02. The Kier molecular flexibility index (Phi) is 7.31. The number of carbonyl (C=O) groups is 3. The maximum absolute atomic E-state index is 13.2. The number of carboxylic acids is 1. The first-order valence-corrected chi connectivity index (χ1v) is 14.7. The predicted molar refractivity (Wildman–Crippen MR) is 148 cm³/mol. The maximum atomic E-state index is 13.2. The summed E-state index contributed by atoms with van der Waals surface area (Å²) in [6.07, 6.45) is 3.66. The average Bonchev–Trinajstić information content (AvgIpc) is 3.55. The Morgan fingerprint density at radius 3 is 2.90 bits per heavy atom. The number of imidazole rings is 1. The number of nitrogens with zero attached hydrogens (tertiary/aromatic N) is 7. The van der Waals surface area contributed by atoms with Crippen LogP contribution in [0.3, 0.4) is 0 Å². The van der Waals surface area contributed by atoms with E-state index < -0.39 is 29.2 Å². The lowest BCUT2D eigenvalue weighted by Crippen LogP contribution is -2.71. The molecule has 0 radical (unpaired) electrons. The highest BCUT2D eigenvalue weighted by molar-refractivity contribution is 8.00. The highest BCUT2D eigenvalue weighted by Gasteiger charge is 2.54. The zero-order chi connectivity index (χ0) is 28.7. The Morgan fingerprint density at radius 1 is 1.39 bits per heavy atom. The van der Waals surface area contributed by atoms with Gasteiger partial charge in [0.05, 0.1) is 6.20 Å². The highest BCUT2D eigenvalue weighted by atomic mass is 32.2. The van der Waals surface area contributed by atoms with E-state index in [1.54, 1.807) is 6.92 Å². The van der Waals surface area contributed by atoms with Crippen LogP contribution in [0.1, 0.15) is 12.7 Å². The van der Waals surface area contributed by atoms with E-state index in [9.17, 15) is 19.5 Å². The number of nitrogens with two attached hydrogens (primary N) is 1. The number of hydrogen-bond acceptors (Lipinski definition) is 12. The number of anilines is 1. The summed E-state index contributed by atoms with van der Waals surface area (Å²) in [5.74, 6) is -1.59. The number of nitrogens with one attached hydrogen (secondary N) is 2. The Labute approximate surface area is 241 Å². The van der Waals surface area contributed by atoms with Gasteiger partial charge in [-0.05, 0) is 24.0 Å². The Bertz CT molecular complexity index is 1600. The smallest absolute Gasteiger partial charge is 0.352 e. The third kappa shape index (κ3) is 5.00. The molecule has 41 heavy (non-hydrogen) atoms. The molecule has 3 aliphatic rings. The second-order valence-corrected chi connectivity index (χ2v) is 11.6. The van der Waals surface area contributed by atoms with E-state index in [2.05, 4.69) is 34.7 Å². The minimum absolute atomic E-state index is 0.0234. The fourth-order valence-electron chi connectivity index (χ4n) is 4.97. The minimum atomic E-state index is -1.21. The summed E-state index contributed by atoms with van der Waals surface area (Å²) in [7, 11) is 0. The number of aliphatic carboxylic acids is 1. The van der Waals surface area contributed by atoms with Gasteiger partial charge in [0.2, 0.25) is 17.9 Å². The zero-order valence-electron chi connectivity index (χ0n) is 21.9. The zero-order valence-corrected chi connectivity index (χ0v) is 23.5. The number of oxime groups is 1. The first kappa shape index (κ1) is 27.1. The largest absolute Gasteiger partial charge is 0.477 e. The molecule has 3 aromatic heterocycles. The number of fused-ring (bicyclic) bond motifs is 2. The standard InChI is InChI=1S/C24H26N10O5S2/c1-2-39-30-15(18-29-24(25)41-31-18)20(35)28-16-21(36)34-17(23(37)38)13(10-40-22(16)34)9-32-5-3-4-14-19(32)27-11-33(14)8-12-6-26-7-12/h3-5,11-12,16,22,26H,2,6-10H2,1H3,(H3-,25,28,29,31,35,37,38)/p+1. The lowest BCUT2D eigenvalue weighted by atomic mass is 10.0. The van der Waals surface area contributed by atoms with Gasteiger partial charge in [-0.3, -0.25) is 14.5 Å². The van der Waals surface area contributed by atoms with E-state index >= 15 is 0 Å². The molecule has 2 fully saturated rings. The number of rotatable bonds is 10. The first-order chi connectivity index (χ1) is 19.9. The second kappa shape index (κ2) is 11.1. The molecule has 0 aliphatic carbocycles. The van der Waals surface area contributed by atoms with Crippen molar-refractivity contribution in [2.24, 2.45) is 11.1 Å². The predicted octanol–water partition coefficient (Wildman–Crippen LogP) is -0.844. The van der Waals surface area contributed by atoms with Crippen LogP contribution in [0.5, 0.6) is 0 Å². The topological polar surface area (TPSA) is 194 Å². The van der Waals surface area contributed by atoms with E-state index in [-0.39, 0.29) is 35.5 Å². The van der Waals surface area contributed by atoms with Crippen LogP contribution in [0.4, 0.5) is 5.13 Å². The summed E-state index contributed by atoms with van der Waals surface area (Å²) in [5, 5.41) is 19.4. The molecule has 2 unspecified atom stereocenters. The van der Waals surface area contributed by atoms with Crippen LogP contribution in [0, 0.1) is 5.92 Å². The fourth-order valence-corrected chi connectivity index (χ4v) is 6.74. The van der Waals surface area contributed by atoms with Gasteiger partial charge in [-0.25, -0.2) is 9.36 Å². The van der Waals surface area contributed by atoms with Gasteiger partial charge in [0.15, 0.2) is 5.13 Å². The molecule has 0 saturated carbocycles. The summed E-state index contributed by atoms with van der Waals surface area (Å²) >= 11 is 2.27. The molecule has 0 spiro atoms. The molecule has 2 saturated heterocycles. The van der Waals surface area contributed by atoms with Crippen LogP contribution >= 0.6 is 23.3 Å². The molecular weight excluding hydrogens is 572 g/mol. The van der Waals surface area contributed by atoms with Gasteiger partial charge < -0.3 is 30.9 Å². The van der Waals surface area contributed by atoms with Crippen molar-refractivity contribution in [3.8, 4) is 0 Å². The number of β-lactam (4-membered cyclic amide) rings is 1. The molecule has 17 heteroatoms. The Balaban J connectivity index is 1.21. The highest BCUT2D eigenvalue weighted by Crippen LogP contribution is 2.40. The third-order valence-corrected chi connectivity index (χ3v) is 8.90. The average molecular weight is 600 g/mol. The molecule has 0 aromatic carbocycles. The second-order valence-electron chi connectivity index (χ2n) is 9.70. The number of carbonyl (C=O) groups excluding carboxylic acids is 2. The molecule has 5 N–H and O–H groups in total. The van der Waals surface area contributed by atoms with Gasteiger partial charge in [0.25, 0.3) is 11.8 Å². The summed E-state index contributed by atoms with van der Waals surface area (Å²) in [4.78, 5) is 53.6. The van der Waals surface area contributed by atoms with E-state index in [0.29, 0.717) is 17.2 Å². The van der Waals surface area contributed by atoms with Crippen molar-refractivity contribution in [3.05, 3.63) is 41.8 Å². The van der Waals surface area contributed by atoms with Crippen LogP contribution in [0.25, 0.3) is 11.2 Å². The molecule has 6 rings (SSSR count). The normalized spacial score (nSPS) is 21.0. The van der Waals surface area contributed by atoms with E-state index in [1.165, 1.54) is 16.7 Å². The monoisotopic (exact) mass is 599 g/mol. The number of hydrogen-bond donors (Lipinski definition) is 4. The van der Waals surface area contributed by atoms with Gasteiger partial charge in [-0.1, -0.05) is 5.16 Å². The van der Waals surface area contributed by atoms with Gasteiger partial charge >= 0.3 is 11.6 Å². The van der Waals surface area contributed by atoms with Crippen molar-refractivity contribution in [2.45, 2.75) is 31.4 Å². The van der Waals surface area contributed by atoms with Gasteiger partial charge in [-0.15, -0.1) is 11.8 Å². The van der Waals surface area contributed by atoms with Gasteiger partial charge in [0.1, 0.15) is 35.8 Å². The van der Waals surface area contributed by atoms with Crippen molar-refractivity contribution in [1.29, 1.82) is 0 Å². The van der Waals surface area contributed by atoms with Crippen LogP contribution < -0.4 is 20.9 Å². The molecule has 3 aliphatic heterocycles. The van der Waals surface area contributed by atoms with Crippen molar-refractivity contribution >= 4 is 63.1 Å². The van der Waals surface area contributed by atoms with E-state index in [4.69, 9.17) is 10.6 Å². The quantitative estimate of drug-likeness (QED) is 0.0982. The number of aromatic nitrogens is 5. The summed E-state index contributed by atoms with van der Waals surface area (Å²) in [6, 6.07) is 2.94. The molecule has 15 nitrogen and oxygen atoms in total. The molecule has 0 bridgehead atoms. The fraction of sp³-hybridized carbons (Fsp3) is 0.417. The maximum Gasteiger partial charge on any atom is 0.352 e. The molecule has 2 amide bonds. The van der Waals surface area contributed by atoms with Crippen molar-refractivity contribution in [3.63, 3.8) is 0 Å². The van der Waals surface area contributed by atoms with Crippen LogP contribution in [-0.4, -0.2) is 89.3 Å². The van der Waals surface area contributed by atoms with E-state index in [0.717, 1.165) is 42.3 Å². The van der Waals surface area contributed by atoms with Crippen molar-refractivity contribution < 1.29 is 28.9 Å². The van der Waals surface area contributed by atoms with Crippen LogP contribution in [-0.2, 0) is 32.3 Å². The number of carboxylic acid groups (broad SMARTS) is 1. The SMILES string of the molecule is CCON=C(C(=O)NC1C(=O)N2C(C(=O)O)=C(C[n+]3cccc4c3ncn4CC3CNC3)CSC12)c1nsc(N)n1. The number of amides is 2. The van der Waals surface area contributed by atoms with Crippen molar-refractivity contribution in [1.82, 2.24) is 34.4 Å². The molecule has 6 heterocycles. The Morgan fingerprint density at radius 2 is 2.22 bits per heavy atom. The lowest BCUT2D eigenvalue weighted by molar-refractivity contribution is -0.664. The molecule has 3 aromatic rings.